The number of hydrogen-bond acceptors (Lipinski definition) is 6. The Bertz CT molecular complexity index is 1250. The number of cyclic esters (lactones) is 1. The first-order valence-corrected chi connectivity index (χ1v) is 11.5. The molecule has 0 unspecified atom stereocenters. The minimum atomic E-state index is -1.42. The Balaban J connectivity index is 1.61. The monoisotopic (exact) mass is 473 g/mol. The molecule has 1 heterocycles. The van der Waals surface area contributed by atoms with Crippen LogP contribution in [0, 0.1) is 0 Å². The highest BCUT2D eigenvalue weighted by Crippen LogP contribution is 2.32. The second kappa shape index (κ2) is 10.0. The fourth-order valence-corrected chi connectivity index (χ4v) is 4.02. The van der Waals surface area contributed by atoms with Gasteiger partial charge in [0.05, 0.1) is 7.11 Å². The predicted molar refractivity (Wildman–Crippen MR) is 130 cm³/mol. The van der Waals surface area contributed by atoms with E-state index < -0.39 is 17.6 Å². The smallest absolute Gasteiger partial charge is 0.415 e. The highest BCUT2D eigenvalue weighted by molar-refractivity contribution is 6.09. The molecule has 2 aliphatic rings. The van der Waals surface area contributed by atoms with Crippen LogP contribution in [0.25, 0.3) is 0 Å². The van der Waals surface area contributed by atoms with Crippen molar-refractivity contribution in [3.63, 3.8) is 0 Å². The van der Waals surface area contributed by atoms with E-state index in [0.29, 0.717) is 40.4 Å². The second-order valence-electron chi connectivity index (χ2n) is 8.45. The topological polar surface area (TPSA) is 90.9 Å². The maximum Gasteiger partial charge on any atom is 0.415 e. The van der Waals surface area contributed by atoms with E-state index in [9.17, 15) is 14.4 Å². The summed E-state index contributed by atoms with van der Waals surface area (Å²) in [7, 11) is 1.58. The van der Waals surface area contributed by atoms with Gasteiger partial charge in [0.2, 0.25) is 5.60 Å². The molecule has 0 aromatic heterocycles. The minimum absolute atomic E-state index is 0.0858. The summed E-state index contributed by atoms with van der Waals surface area (Å²) in [4.78, 5) is 37.0. The number of hydrogen-bond donors (Lipinski definition) is 1. The van der Waals surface area contributed by atoms with Crippen LogP contribution in [0.15, 0.2) is 78.1 Å². The first-order chi connectivity index (χ1) is 16.8. The van der Waals surface area contributed by atoms with Crippen molar-refractivity contribution in [1.29, 1.82) is 0 Å². The number of aryl methyl sites for hydroxylation is 1. The zero-order chi connectivity index (χ0) is 25.0. The molecule has 7 nitrogen and oxygen atoms in total. The summed E-state index contributed by atoms with van der Waals surface area (Å²) >= 11 is 0. The minimum Gasteiger partial charge on any atom is -0.497 e. The van der Waals surface area contributed by atoms with Crippen molar-refractivity contribution in [2.24, 2.45) is 0 Å². The summed E-state index contributed by atoms with van der Waals surface area (Å²) in [6.45, 7) is 3.61. The number of nitrogens with one attached hydrogen (secondary N) is 1. The zero-order valence-electron chi connectivity index (χ0n) is 19.9. The molecule has 1 saturated heterocycles. The quantitative estimate of drug-likeness (QED) is 0.540. The number of imide groups is 1. The van der Waals surface area contributed by atoms with Crippen LogP contribution >= 0.6 is 0 Å². The van der Waals surface area contributed by atoms with Gasteiger partial charge in [-0.15, -0.1) is 0 Å². The molecular formula is C28H27NO6. The van der Waals surface area contributed by atoms with Gasteiger partial charge >= 0.3 is 6.09 Å². The van der Waals surface area contributed by atoms with E-state index in [4.69, 9.17) is 14.2 Å². The number of ketones is 1. The molecule has 180 valence electrons. The van der Waals surface area contributed by atoms with Crippen LogP contribution in [0.2, 0.25) is 0 Å². The van der Waals surface area contributed by atoms with Crippen LogP contribution < -0.4 is 14.8 Å². The average molecular weight is 474 g/mol. The molecule has 2 aromatic rings. The Hall–Kier alpha value is -4.13. The van der Waals surface area contributed by atoms with Gasteiger partial charge in [-0.1, -0.05) is 25.5 Å². The van der Waals surface area contributed by atoms with E-state index in [-0.39, 0.29) is 5.78 Å². The van der Waals surface area contributed by atoms with Crippen molar-refractivity contribution in [3.8, 4) is 11.5 Å². The number of rotatable bonds is 8. The summed E-state index contributed by atoms with van der Waals surface area (Å²) < 4.78 is 16.7. The van der Waals surface area contributed by atoms with Gasteiger partial charge in [0.15, 0.2) is 5.78 Å². The lowest BCUT2D eigenvalue weighted by Crippen LogP contribution is -2.37. The van der Waals surface area contributed by atoms with E-state index in [0.717, 1.165) is 18.4 Å². The second-order valence-corrected chi connectivity index (χ2v) is 8.45. The number of carbonyl (C=O) groups excluding carboxylic acids is 3. The molecule has 0 saturated carbocycles. The summed E-state index contributed by atoms with van der Waals surface area (Å²) in [5.74, 6) is 1.20. The van der Waals surface area contributed by atoms with E-state index in [2.05, 4.69) is 12.2 Å². The van der Waals surface area contributed by atoms with E-state index in [1.807, 2.05) is 24.3 Å². The highest BCUT2D eigenvalue weighted by atomic mass is 16.6. The van der Waals surface area contributed by atoms with Gasteiger partial charge in [-0.2, -0.15) is 0 Å². The van der Waals surface area contributed by atoms with Crippen LogP contribution in [0.3, 0.4) is 0 Å². The van der Waals surface area contributed by atoms with Gasteiger partial charge in [-0.25, -0.2) is 4.79 Å². The van der Waals surface area contributed by atoms with Gasteiger partial charge in [0.1, 0.15) is 17.3 Å². The molecule has 1 atom stereocenters. The maximum atomic E-state index is 13.0. The number of amides is 2. The number of alkyl carbamates (subject to hydrolysis) is 1. The van der Waals surface area contributed by atoms with E-state index in [1.165, 1.54) is 0 Å². The predicted octanol–water partition coefficient (Wildman–Crippen LogP) is 5.05. The molecular weight excluding hydrogens is 446 g/mol. The number of allylic oxidation sites excluding steroid dienone is 3. The van der Waals surface area contributed by atoms with Crippen molar-refractivity contribution in [1.82, 2.24) is 5.32 Å². The van der Waals surface area contributed by atoms with Crippen molar-refractivity contribution in [2.45, 2.75) is 38.7 Å². The average Bonchev–Trinajstić information content (AvgIpc) is 3.00. The van der Waals surface area contributed by atoms with E-state index >= 15 is 0 Å². The molecule has 1 aliphatic carbocycles. The van der Waals surface area contributed by atoms with Gasteiger partial charge < -0.3 is 14.2 Å². The summed E-state index contributed by atoms with van der Waals surface area (Å²) in [5, 5.41) is 2.18. The van der Waals surface area contributed by atoms with Crippen LogP contribution in [0.5, 0.6) is 11.5 Å². The van der Waals surface area contributed by atoms with Crippen LogP contribution in [-0.4, -0.2) is 30.5 Å². The molecule has 35 heavy (non-hydrogen) atoms. The van der Waals surface area contributed by atoms with Crippen molar-refractivity contribution in [3.05, 3.63) is 94.8 Å². The molecule has 2 amide bonds. The summed E-state index contributed by atoms with van der Waals surface area (Å²) in [6, 6.07) is 12.4. The Morgan fingerprint density at radius 2 is 1.86 bits per heavy atom. The number of methoxy groups -OCH3 is 1. The SMILES string of the molecule is CCCc1cc(C(=O)c2ccc(OC)cc2)ccc1OC1=CC([C@]2(C)OC(=O)NC2=O)=CCC=C1. The molecule has 0 bridgehead atoms. The van der Waals surface area contributed by atoms with Crippen LogP contribution in [0.1, 0.15) is 48.2 Å². The van der Waals surface area contributed by atoms with Gasteiger partial charge in [0.25, 0.3) is 5.91 Å². The van der Waals surface area contributed by atoms with Crippen molar-refractivity contribution < 1.29 is 28.6 Å². The lowest BCUT2D eigenvalue weighted by atomic mass is 9.94. The standard InChI is InChI=1S/C28H27NO6/c1-4-7-19-16-20(25(30)18-10-13-22(33-3)14-11-18)12-15-24(19)34-23-9-6-5-8-21(17-23)28(2)26(31)29-27(32)35-28/h6,8-17H,4-5,7H2,1-3H3,(H,29,31,32)/t28-/m0/s1. The van der Waals surface area contributed by atoms with Crippen molar-refractivity contribution >= 4 is 17.8 Å². The number of ether oxygens (including phenoxy) is 3. The van der Waals surface area contributed by atoms with Gasteiger partial charge in [0, 0.05) is 16.7 Å². The first kappa shape index (κ1) is 24.0. The molecule has 1 N–H and O–H groups in total. The summed E-state index contributed by atoms with van der Waals surface area (Å²) in [5.41, 5.74) is 1.15. The third-order valence-corrected chi connectivity index (χ3v) is 5.97. The molecule has 0 radical (unpaired) electrons. The Morgan fingerprint density at radius 3 is 2.51 bits per heavy atom. The Labute approximate surface area is 204 Å². The van der Waals surface area contributed by atoms with E-state index in [1.54, 1.807) is 56.5 Å². The molecule has 1 fully saturated rings. The molecule has 0 spiro atoms. The van der Waals surface area contributed by atoms with Crippen LogP contribution in [-0.2, 0) is 16.0 Å². The third kappa shape index (κ3) is 5.04. The van der Waals surface area contributed by atoms with Gasteiger partial charge in [-0.3, -0.25) is 14.9 Å². The molecule has 2 aromatic carbocycles. The number of carbonyl (C=O) groups is 3. The Morgan fingerprint density at radius 1 is 1.11 bits per heavy atom. The molecule has 4 rings (SSSR count). The Kier molecular flexibility index (Phi) is 6.87. The highest BCUT2D eigenvalue weighted by Gasteiger charge is 2.47. The van der Waals surface area contributed by atoms with Gasteiger partial charge in [-0.05, 0) is 79.9 Å². The third-order valence-electron chi connectivity index (χ3n) is 5.97. The normalized spacial score (nSPS) is 19.3. The molecule has 1 aliphatic heterocycles. The van der Waals surface area contributed by atoms with Crippen LogP contribution in [0.4, 0.5) is 4.79 Å². The largest absolute Gasteiger partial charge is 0.497 e. The number of benzene rings is 2. The maximum absolute atomic E-state index is 13.0. The fourth-order valence-electron chi connectivity index (χ4n) is 4.02. The van der Waals surface area contributed by atoms with Crippen molar-refractivity contribution in [2.75, 3.05) is 7.11 Å². The lowest BCUT2D eigenvalue weighted by molar-refractivity contribution is -0.127. The molecule has 7 heteroatoms. The lowest BCUT2D eigenvalue weighted by Gasteiger charge is -2.21. The first-order valence-electron chi connectivity index (χ1n) is 11.5. The fraction of sp³-hybridized carbons (Fsp3) is 0.250. The summed E-state index contributed by atoms with van der Waals surface area (Å²) in [6.07, 6.45) is 8.61. The zero-order valence-corrected chi connectivity index (χ0v) is 19.9.